The van der Waals surface area contributed by atoms with Crippen LogP contribution in [-0.2, 0) is 16.1 Å². The Labute approximate surface area is 166 Å². The van der Waals surface area contributed by atoms with Gasteiger partial charge in [0.25, 0.3) is 0 Å². The minimum absolute atomic E-state index is 0.0322. The average molecular weight is 401 g/mol. The molecule has 1 amide bonds. The van der Waals surface area contributed by atoms with Gasteiger partial charge in [-0.1, -0.05) is 19.6 Å². The van der Waals surface area contributed by atoms with Gasteiger partial charge >= 0.3 is 0 Å². The Bertz CT molecular complexity index is 903. The van der Waals surface area contributed by atoms with Gasteiger partial charge in [-0.3, -0.25) is 14.4 Å². The minimum atomic E-state index is -1.18. The van der Waals surface area contributed by atoms with Crippen molar-refractivity contribution in [2.45, 2.75) is 58.5 Å². The van der Waals surface area contributed by atoms with Crippen LogP contribution in [-0.4, -0.2) is 46.9 Å². The van der Waals surface area contributed by atoms with Gasteiger partial charge in [-0.2, -0.15) is 15.5 Å². The van der Waals surface area contributed by atoms with Crippen LogP contribution >= 0.6 is 0 Å². The first-order chi connectivity index (χ1) is 13.2. The first-order valence-corrected chi connectivity index (χ1v) is 13.4. The van der Waals surface area contributed by atoms with Crippen LogP contribution in [0.1, 0.15) is 31.9 Å². The van der Waals surface area contributed by atoms with E-state index in [1.165, 1.54) is 0 Å². The topological polar surface area (TPSA) is 89.0 Å². The van der Waals surface area contributed by atoms with E-state index in [2.05, 4.69) is 35.9 Å². The van der Waals surface area contributed by atoms with Crippen LogP contribution in [0, 0.1) is 11.3 Å². The Morgan fingerprint density at radius 3 is 2.75 bits per heavy atom. The van der Waals surface area contributed by atoms with Crippen LogP contribution in [0.15, 0.2) is 12.3 Å². The Hall–Kier alpha value is -2.44. The predicted octanol–water partition coefficient (Wildman–Crippen LogP) is 3.25. The highest BCUT2D eigenvalue weighted by Crippen LogP contribution is 2.31. The second kappa shape index (κ2) is 7.89. The molecule has 0 fully saturated rings. The molecule has 28 heavy (non-hydrogen) atoms. The number of amides is 1. The van der Waals surface area contributed by atoms with Crippen molar-refractivity contribution in [3.63, 3.8) is 0 Å². The molecule has 0 aliphatic carbocycles. The van der Waals surface area contributed by atoms with Crippen LogP contribution in [0.25, 0.3) is 11.4 Å². The number of hydrogen-bond donors (Lipinski definition) is 0. The molecular weight excluding hydrogens is 372 g/mol. The molecule has 9 heteroatoms. The summed E-state index contributed by atoms with van der Waals surface area (Å²) in [5.74, 6) is 0.740. The maximum Gasteiger partial charge on any atom is 0.231 e. The highest BCUT2D eigenvalue weighted by Gasteiger charge is 2.28. The number of ether oxygens (including phenoxy) is 1. The predicted molar refractivity (Wildman–Crippen MR) is 110 cm³/mol. The Kier molecular flexibility index (Phi) is 5.72. The minimum Gasteiger partial charge on any atom is -0.361 e. The summed E-state index contributed by atoms with van der Waals surface area (Å²) in [4.78, 5) is 14.1. The van der Waals surface area contributed by atoms with Gasteiger partial charge in [0.15, 0.2) is 0 Å². The van der Waals surface area contributed by atoms with Gasteiger partial charge in [-0.15, -0.1) is 0 Å². The number of rotatable bonds is 7. The fourth-order valence-corrected chi connectivity index (χ4v) is 3.89. The molecule has 8 nitrogen and oxygen atoms in total. The Morgan fingerprint density at radius 1 is 1.36 bits per heavy atom. The maximum absolute atomic E-state index is 12.5. The third kappa shape index (κ3) is 4.18. The number of aromatic nitrogens is 4. The molecule has 0 N–H and O–H groups in total. The molecule has 0 saturated carbocycles. The van der Waals surface area contributed by atoms with E-state index in [0.717, 1.165) is 6.04 Å². The highest BCUT2D eigenvalue weighted by atomic mass is 28.3. The smallest absolute Gasteiger partial charge is 0.231 e. The summed E-state index contributed by atoms with van der Waals surface area (Å²) in [7, 11) is -1.18. The van der Waals surface area contributed by atoms with Crippen LogP contribution in [0.4, 0.5) is 5.82 Å². The third-order valence-corrected chi connectivity index (χ3v) is 6.44. The van der Waals surface area contributed by atoms with Gasteiger partial charge in [-0.25, -0.2) is 4.68 Å². The van der Waals surface area contributed by atoms with Crippen molar-refractivity contribution in [1.29, 1.82) is 5.26 Å². The third-order valence-electron chi connectivity index (χ3n) is 4.74. The molecule has 0 unspecified atom stereocenters. The van der Waals surface area contributed by atoms with E-state index in [1.54, 1.807) is 15.8 Å². The van der Waals surface area contributed by atoms with E-state index in [1.807, 2.05) is 24.6 Å². The maximum atomic E-state index is 12.5. The molecule has 0 spiro atoms. The van der Waals surface area contributed by atoms with Crippen molar-refractivity contribution in [3.05, 3.63) is 17.8 Å². The van der Waals surface area contributed by atoms with Crippen molar-refractivity contribution in [2.75, 3.05) is 18.2 Å². The molecule has 2 aromatic heterocycles. The average Bonchev–Trinajstić information content (AvgIpc) is 3.22. The highest BCUT2D eigenvalue weighted by molar-refractivity contribution is 6.76. The van der Waals surface area contributed by atoms with Crippen molar-refractivity contribution in [1.82, 2.24) is 19.6 Å². The van der Waals surface area contributed by atoms with Gasteiger partial charge in [0.1, 0.15) is 30.0 Å². The Morgan fingerprint density at radius 2 is 2.11 bits per heavy atom. The van der Waals surface area contributed by atoms with Gasteiger partial charge in [0.05, 0.1) is 18.3 Å². The molecule has 0 bridgehead atoms. The van der Waals surface area contributed by atoms with Gasteiger partial charge in [-0.05, 0) is 19.9 Å². The molecule has 0 radical (unpaired) electrons. The quantitative estimate of drug-likeness (QED) is 0.526. The monoisotopic (exact) mass is 400 g/mol. The SMILES string of the molecule is CC(C)n1ncc(C#N)c1-c1cc2n(n1)CCC(=O)N2COCC[Si](C)(C)C. The summed E-state index contributed by atoms with van der Waals surface area (Å²) >= 11 is 0. The van der Waals surface area contributed by atoms with E-state index in [0.29, 0.717) is 42.3 Å². The number of hydrogen-bond acceptors (Lipinski definition) is 5. The normalized spacial score (nSPS) is 14.5. The van der Waals surface area contributed by atoms with Crippen LogP contribution < -0.4 is 4.90 Å². The number of aryl methyl sites for hydroxylation is 1. The summed E-state index contributed by atoms with van der Waals surface area (Å²) < 4.78 is 9.42. The van der Waals surface area contributed by atoms with Crippen LogP contribution in [0.3, 0.4) is 0 Å². The first kappa shape index (κ1) is 20.3. The summed E-state index contributed by atoms with van der Waals surface area (Å²) in [6, 6.07) is 5.20. The number of anilines is 1. The van der Waals surface area contributed by atoms with Crippen molar-refractivity contribution in [2.24, 2.45) is 0 Å². The lowest BCUT2D eigenvalue weighted by atomic mass is 10.2. The van der Waals surface area contributed by atoms with E-state index in [-0.39, 0.29) is 18.7 Å². The number of fused-ring (bicyclic) bond motifs is 1. The van der Waals surface area contributed by atoms with E-state index in [4.69, 9.17) is 4.74 Å². The molecule has 3 heterocycles. The molecular formula is C19H28N6O2Si. The Balaban J connectivity index is 1.86. The zero-order valence-corrected chi connectivity index (χ0v) is 18.3. The molecule has 0 atom stereocenters. The zero-order chi connectivity index (χ0) is 20.5. The summed E-state index contributed by atoms with van der Waals surface area (Å²) in [5.41, 5.74) is 1.82. The molecule has 3 rings (SSSR count). The fraction of sp³-hybridized carbons (Fsp3) is 0.579. The molecule has 1 aliphatic rings. The van der Waals surface area contributed by atoms with Gasteiger partial charge in [0.2, 0.25) is 5.91 Å². The molecule has 2 aromatic rings. The van der Waals surface area contributed by atoms with Crippen LogP contribution in [0.2, 0.25) is 25.7 Å². The number of nitrogens with zero attached hydrogens (tertiary/aromatic N) is 6. The molecule has 0 aromatic carbocycles. The lowest BCUT2D eigenvalue weighted by Crippen LogP contribution is -2.39. The lowest BCUT2D eigenvalue weighted by molar-refractivity contribution is -0.120. The van der Waals surface area contributed by atoms with E-state index in [9.17, 15) is 10.1 Å². The second-order valence-corrected chi connectivity index (χ2v) is 14.2. The molecule has 150 valence electrons. The number of carbonyl (C=O) groups is 1. The molecule has 0 saturated heterocycles. The standard InChI is InChI=1S/C19H28N6O2Si/c1-14(2)25-19(15(11-20)12-21-25)16-10-17-23(13-27-8-9-28(3,4)5)18(26)6-7-24(17)22-16/h10,12,14H,6-9,13H2,1-5H3. The first-order valence-electron chi connectivity index (χ1n) is 9.65. The summed E-state index contributed by atoms with van der Waals surface area (Å²) in [6.07, 6.45) is 1.95. The number of carbonyl (C=O) groups excluding carboxylic acids is 1. The van der Waals surface area contributed by atoms with Crippen molar-refractivity contribution in [3.8, 4) is 17.5 Å². The largest absolute Gasteiger partial charge is 0.361 e. The van der Waals surface area contributed by atoms with E-state index >= 15 is 0 Å². The molecule has 1 aliphatic heterocycles. The van der Waals surface area contributed by atoms with Crippen LogP contribution in [0.5, 0.6) is 0 Å². The second-order valence-electron chi connectivity index (χ2n) is 8.59. The van der Waals surface area contributed by atoms with Gasteiger partial charge in [0, 0.05) is 33.2 Å². The van der Waals surface area contributed by atoms with Crippen molar-refractivity contribution >= 4 is 19.8 Å². The summed E-state index contributed by atoms with van der Waals surface area (Å²) in [6.45, 7) is 12.3. The lowest BCUT2D eigenvalue weighted by Gasteiger charge is -2.27. The zero-order valence-electron chi connectivity index (χ0n) is 17.3. The van der Waals surface area contributed by atoms with Crippen molar-refractivity contribution < 1.29 is 9.53 Å². The number of nitriles is 1. The van der Waals surface area contributed by atoms with E-state index < -0.39 is 8.07 Å². The fourth-order valence-electron chi connectivity index (χ4n) is 3.13. The van der Waals surface area contributed by atoms with Gasteiger partial charge < -0.3 is 4.74 Å². The summed E-state index contributed by atoms with van der Waals surface area (Å²) in [5, 5.41) is 18.5.